The lowest BCUT2D eigenvalue weighted by atomic mass is 9.87. The molecule has 2 rings (SSSR count). The van der Waals surface area contributed by atoms with Crippen LogP contribution in [0, 0.1) is 5.92 Å². The van der Waals surface area contributed by atoms with Crippen LogP contribution >= 0.6 is 15.9 Å². The molecule has 19 heavy (non-hydrogen) atoms. The summed E-state index contributed by atoms with van der Waals surface area (Å²) in [7, 11) is 0. The fourth-order valence-corrected chi connectivity index (χ4v) is 2.91. The van der Waals surface area contributed by atoms with Crippen molar-refractivity contribution in [2.45, 2.75) is 51.6 Å². The number of hydrogen-bond donors (Lipinski definition) is 2. The lowest BCUT2D eigenvalue weighted by Crippen LogP contribution is -2.23. The van der Waals surface area contributed by atoms with Crippen molar-refractivity contribution in [2.24, 2.45) is 5.92 Å². The molecule has 1 aliphatic carbocycles. The molecular formula is C14H22BrN3O. The Morgan fingerprint density at radius 1 is 1.32 bits per heavy atom. The van der Waals surface area contributed by atoms with Crippen LogP contribution < -0.4 is 5.32 Å². The third-order valence-corrected chi connectivity index (χ3v) is 4.01. The van der Waals surface area contributed by atoms with Gasteiger partial charge in [0.15, 0.2) is 0 Å². The standard InChI is InChI=1S/C14H22BrN3O/c1-2-3-13-17-12(15)8-14(18-13)16-9-10-4-6-11(19)7-5-10/h8,10-11,19H,2-7,9H2,1H3,(H,16,17,18). The summed E-state index contributed by atoms with van der Waals surface area (Å²) in [5, 5.41) is 12.9. The van der Waals surface area contributed by atoms with Crippen molar-refractivity contribution in [3.8, 4) is 0 Å². The predicted molar refractivity (Wildman–Crippen MR) is 80.2 cm³/mol. The molecule has 0 saturated heterocycles. The summed E-state index contributed by atoms with van der Waals surface area (Å²) in [6, 6.07) is 1.93. The highest BCUT2D eigenvalue weighted by Gasteiger charge is 2.19. The molecule has 2 N–H and O–H groups in total. The number of nitrogens with one attached hydrogen (secondary N) is 1. The van der Waals surface area contributed by atoms with E-state index >= 15 is 0 Å². The van der Waals surface area contributed by atoms with Crippen molar-refractivity contribution >= 4 is 21.7 Å². The van der Waals surface area contributed by atoms with Crippen LogP contribution in [-0.4, -0.2) is 27.7 Å². The van der Waals surface area contributed by atoms with E-state index in [0.29, 0.717) is 5.92 Å². The van der Waals surface area contributed by atoms with Gasteiger partial charge < -0.3 is 10.4 Å². The van der Waals surface area contributed by atoms with E-state index in [1.807, 2.05) is 6.07 Å². The van der Waals surface area contributed by atoms with Crippen LogP contribution in [0.2, 0.25) is 0 Å². The zero-order chi connectivity index (χ0) is 13.7. The summed E-state index contributed by atoms with van der Waals surface area (Å²) < 4.78 is 0.840. The average molecular weight is 328 g/mol. The largest absolute Gasteiger partial charge is 0.393 e. The number of anilines is 1. The summed E-state index contributed by atoms with van der Waals surface area (Å²) in [6.45, 7) is 3.06. The molecule has 4 nitrogen and oxygen atoms in total. The number of aromatic nitrogens is 2. The van der Waals surface area contributed by atoms with Crippen molar-refractivity contribution in [3.05, 3.63) is 16.5 Å². The summed E-state index contributed by atoms with van der Waals surface area (Å²) in [5.74, 6) is 2.43. The number of rotatable bonds is 5. The third-order valence-electron chi connectivity index (χ3n) is 3.60. The van der Waals surface area contributed by atoms with Crippen LogP contribution in [0.5, 0.6) is 0 Å². The Labute approximate surface area is 123 Å². The molecule has 1 heterocycles. The Kier molecular flexibility index (Phi) is 5.58. The van der Waals surface area contributed by atoms with E-state index in [1.165, 1.54) is 0 Å². The van der Waals surface area contributed by atoms with Gasteiger partial charge in [-0.15, -0.1) is 0 Å². The summed E-state index contributed by atoms with van der Waals surface area (Å²) in [6.07, 6.45) is 5.94. The highest BCUT2D eigenvalue weighted by Crippen LogP contribution is 2.24. The van der Waals surface area contributed by atoms with Gasteiger partial charge in [0.2, 0.25) is 0 Å². The van der Waals surface area contributed by atoms with Gasteiger partial charge in [-0.1, -0.05) is 6.92 Å². The molecule has 1 aromatic rings. The van der Waals surface area contributed by atoms with Crippen molar-refractivity contribution < 1.29 is 5.11 Å². The topological polar surface area (TPSA) is 58.0 Å². The highest BCUT2D eigenvalue weighted by atomic mass is 79.9. The minimum absolute atomic E-state index is 0.0828. The Balaban J connectivity index is 1.88. The van der Waals surface area contributed by atoms with Crippen molar-refractivity contribution in [1.82, 2.24) is 9.97 Å². The zero-order valence-electron chi connectivity index (χ0n) is 11.4. The zero-order valence-corrected chi connectivity index (χ0v) is 13.0. The smallest absolute Gasteiger partial charge is 0.132 e. The molecule has 0 bridgehead atoms. The fourth-order valence-electron chi connectivity index (χ4n) is 2.49. The number of halogens is 1. The van der Waals surface area contributed by atoms with Gasteiger partial charge >= 0.3 is 0 Å². The summed E-state index contributed by atoms with van der Waals surface area (Å²) >= 11 is 3.43. The molecule has 1 aromatic heterocycles. The Bertz CT molecular complexity index is 406. The maximum Gasteiger partial charge on any atom is 0.132 e. The van der Waals surface area contributed by atoms with Gasteiger partial charge in [0.25, 0.3) is 0 Å². The second-order valence-electron chi connectivity index (χ2n) is 5.30. The van der Waals surface area contributed by atoms with Crippen molar-refractivity contribution in [1.29, 1.82) is 0 Å². The molecule has 1 saturated carbocycles. The van der Waals surface area contributed by atoms with Gasteiger partial charge in [-0.2, -0.15) is 0 Å². The summed E-state index contributed by atoms with van der Waals surface area (Å²) in [4.78, 5) is 8.88. The van der Waals surface area contributed by atoms with Gasteiger partial charge in [0.1, 0.15) is 16.2 Å². The first kappa shape index (κ1) is 14.7. The minimum atomic E-state index is -0.0828. The number of aliphatic hydroxyl groups excluding tert-OH is 1. The SMILES string of the molecule is CCCc1nc(Br)cc(NCC2CCC(O)CC2)n1. The first-order chi connectivity index (χ1) is 9.17. The van der Waals surface area contributed by atoms with Gasteiger partial charge in [-0.25, -0.2) is 9.97 Å². The van der Waals surface area contributed by atoms with E-state index in [1.54, 1.807) is 0 Å². The lowest BCUT2D eigenvalue weighted by molar-refractivity contribution is 0.111. The molecule has 5 heteroatoms. The fraction of sp³-hybridized carbons (Fsp3) is 0.714. The van der Waals surface area contributed by atoms with Crippen LogP contribution in [0.3, 0.4) is 0 Å². The van der Waals surface area contributed by atoms with E-state index in [9.17, 15) is 5.11 Å². The first-order valence-corrected chi connectivity index (χ1v) is 7.92. The Morgan fingerprint density at radius 3 is 2.74 bits per heavy atom. The van der Waals surface area contributed by atoms with Crippen molar-refractivity contribution in [3.63, 3.8) is 0 Å². The van der Waals surface area contributed by atoms with Crippen LogP contribution in [-0.2, 0) is 6.42 Å². The van der Waals surface area contributed by atoms with Crippen LogP contribution in [0.4, 0.5) is 5.82 Å². The van der Waals surface area contributed by atoms with Crippen LogP contribution in [0.1, 0.15) is 44.9 Å². The monoisotopic (exact) mass is 327 g/mol. The molecular weight excluding hydrogens is 306 g/mol. The van der Waals surface area contributed by atoms with Crippen molar-refractivity contribution in [2.75, 3.05) is 11.9 Å². The number of hydrogen-bond acceptors (Lipinski definition) is 4. The Hall–Kier alpha value is -0.680. The van der Waals surface area contributed by atoms with Gasteiger partial charge in [-0.05, 0) is 54.0 Å². The molecule has 0 spiro atoms. The quantitative estimate of drug-likeness (QED) is 0.815. The molecule has 0 unspecified atom stereocenters. The molecule has 0 amide bonds. The molecule has 0 atom stereocenters. The molecule has 0 aliphatic heterocycles. The molecule has 1 aliphatic rings. The number of aryl methyl sites for hydroxylation is 1. The van der Waals surface area contributed by atoms with E-state index in [4.69, 9.17) is 0 Å². The second-order valence-corrected chi connectivity index (χ2v) is 6.11. The van der Waals surface area contributed by atoms with Crippen LogP contribution in [0.25, 0.3) is 0 Å². The average Bonchev–Trinajstić information content (AvgIpc) is 2.38. The van der Waals surface area contributed by atoms with E-state index in [-0.39, 0.29) is 6.10 Å². The minimum Gasteiger partial charge on any atom is -0.393 e. The normalized spacial score (nSPS) is 23.3. The number of aliphatic hydroxyl groups is 1. The maximum atomic E-state index is 9.50. The first-order valence-electron chi connectivity index (χ1n) is 7.12. The highest BCUT2D eigenvalue weighted by molar-refractivity contribution is 9.10. The molecule has 1 fully saturated rings. The van der Waals surface area contributed by atoms with Gasteiger partial charge in [-0.3, -0.25) is 0 Å². The van der Waals surface area contributed by atoms with Crippen LogP contribution in [0.15, 0.2) is 10.7 Å². The summed E-state index contributed by atoms with van der Waals surface area (Å²) in [5.41, 5.74) is 0. The molecule has 0 radical (unpaired) electrons. The maximum absolute atomic E-state index is 9.50. The number of nitrogens with zero attached hydrogens (tertiary/aromatic N) is 2. The molecule has 0 aromatic carbocycles. The van der Waals surface area contributed by atoms with Gasteiger partial charge in [0.05, 0.1) is 6.10 Å². The Morgan fingerprint density at radius 2 is 2.05 bits per heavy atom. The lowest BCUT2D eigenvalue weighted by Gasteiger charge is -2.25. The third kappa shape index (κ3) is 4.73. The second kappa shape index (κ2) is 7.20. The van der Waals surface area contributed by atoms with Gasteiger partial charge in [0, 0.05) is 19.0 Å². The van der Waals surface area contributed by atoms with E-state index < -0.39 is 0 Å². The van der Waals surface area contributed by atoms with E-state index in [2.05, 4.69) is 38.1 Å². The predicted octanol–water partition coefficient (Wildman–Crippen LogP) is 3.15. The molecule has 106 valence electrons. The van der Waals surface area contributed by atoms with E-state index in [0.717, 1.165) is 61.3 Å².